The second-order valence-corrected chi connectivity index (χ2v) is 6.82. The number of halogens is 1. The molecule has 0 bridgehead atoms. The van der Waals surface area contributed by atoms with Crippen LogP contribution in [-0.4, -0.2) is 24.2 Å². The van der Waals surface area contributed by atoms with E-state index in [2.05, 4.69) is 0 Å². The van der Waals surface area contributed by atoms with E-state index in [1.54, 1.807) is 41.3 Å². The number of methoxy groups -OCH3 is 1. The molecule has 3 aromatic carbocycles. The van der Waals surface area contributed by atoms with E-state index in [4.69, 9.17) is 4.74 Å². The van der Waals surface area contributed by atoms with Crippen LogP contribution < -0.4 is 4.90 Å². The number of aliphatic hydroxyl groups is 1. The minimum atomic E-state index is -1.61. The Morgan fingerprint density at radius 2 is 1.64 bits per heavy atom. The van der Waals surface area contributed by atoms with Crippen molar-refractivity contribution in [3.05, 3.63) is 101 Å². The summed E-state index contributed by atoms with van der Waals surface area (Å²) in [6.07, 6.45) is -1.11. The second kappa shape index (κ2) is 7.19. The van der Waals surface area contributed by atoms with E-state index in [0.29, 0.717) is 16.8 Å². The number of carbonyl (C=O) groups excluding carboxylic acids is 1. The van der Waals surface area contributed by atoms with Crippen LogP contribution in [0.25, 0.3) is 0 Å². The minimum absolute atomic E-state index is 0.251. The molecule has 0 spiro atoms. The highest BCUT2D eigenvalue weighted by Gasteiger charge is 2.52. The van der Waals surface area contributed by atoms with Gasteiger partial charge in [-0.05, 0) is 29.3 Å². The average molecular weight is 377 g/mol. The molecule has 1 N–H and O–H groups in total. The predicted octanol–water partition coefficient (Wildman–Crippen LogP) is 3.62. The Morgan fingerprint density at radius 3 is 2.32 bits per heavy atom. The smallest absolute Gasteiger partial charge is 0.260 e. The molecule has 1 aliphatic heterocycles. The van der Waals surface area contributed by atoms with Gasteiger partial charge < -0.3 is 14.7 Å². The molecule has 0 fully saturated rings. The molecule has 1 heterocycles. The standard InChI is InChI=1S/C23H20FNO3/c1-28-21-22(26)25(15-16-11-13-18(24)14-12-16)20-10-6-5-9-19(20)23(21,27)17-7-3-2-4-8-17/h2-14,21,27H,15H2,1H3. The van der Waals surface area contributed by atoms with Gasteiger partial charge in [0.15, 0.2) is 11.7 Å². The molecule has 28 heavy (non-hydrogen) atoms. The number of benzene rings is 3. The Morgan fingerprint density at radius 1 is 1.00 bits per heavy atom. The molecule has 0 saturated heterocycles. The van der Waals surface area contributed by atoms with Crippen LogP contribution in [0, 0.1) is 5.82 Å². The first-order valence-corrected chi connectivity index (χ1v) is 9.01. The van der Waals surface area contributed by atoms with E-state index in [9.17, 15) is 14.3 Å². The molecule has 4 rings (SSSR count). The fraction of sp³-hybridized carbons (Fsp3) is 0.174. The Kier molecular flexibility index (Phi) is 4.71. The Hall–Kier alpha value is -3.02. The molecular weight excluding hydrogens is 357 g/mol. The van der Waals surface area contributed by atoms with Crippen molar-refractivity contribution in [3.63, 3.8) is 0 Å². The van der Waals surface area contributed by atoms with Crippen LogP contribution >= 0.6 is 0 Å². The summed E-state index contributed by atoms with van der Waals surface area (Å²) in [4.78, 5) is 14.9. The van der Waals surface area contributed by atoms with E-state index in [1.165, 1.54) is 19.2 Å². The third kappa shape index (κ3) is 2.89. The first-order valence-electron chi connectivity index (χ1n) is 9.01. The number of amides is 1. The maximum Gasteiger partial charge on any atom is 0.260 e. The average Bonchev–Trinajstić information content (AvgIpc) is 2.73. The normalized spacial score (nSPS) is 21.5. The number of ether oxygens (including phenoxy) is 1. The topological polar surface area (TPSA) is 49.8 Å². The SMILES string of the molecule is COC1C(=O)N(Cc2ccc(F)cc2)c2ccccc2C1(O)c1ccccc1. The summed E-state index contributed by atoms with van der Waals surface area (Å²) in [5.74, 6) is -0.681. The molecular formula is C23H20FNO3. The first-order chi connectivity index (χ1) is 13.6. The number of fused-ring (bicyclic) bond motifs is 1. The predicted molar refractivity (Wildman–Crippen MR) is 104 cm³/mol. The maximum atomic E-state index is 13.3. The molecule has 0 radical (unpaired) electrons. The summed E-state index contributed by atoms with van der Waals surface area (Å²) >= 11 is 0. The minimum Gasteiger partial charge on any atom is -0.377 e. The van der Waals surface area contributed by atoms with Gasteiger partial charge in [-0.1, -0.05) is 60.7 Å². The van der Waals surface area contributed by atoms with Gasteiger partial charge in [0.2, 0.25) is 0 Å². The Bertz CT molecular complexity index is 990. The number of nitrogens with zero attached hydrogens (tertiary/aromatic N) is 1. The molecule has 0 aromatic heterocycles. The van der Waals surface area contributed by atoms with Gasteiger partial charge in [-0.3, -0.25) is 4.79 Å². The Balaban J connectivity index is 1.85. The van der Waals surface area contributed by atoms with Crippen molar-refractivity contribution in [3.8, 4) is 0 Å². The van der Waals surface area contributed by atoms with Crippen molar-refractivity contribution in [2.45, 2.75) is 18.2 Å². The fourth-order valence-electron chi connectivity index (χ4n) is 3.82. The van der Waals surface area contributed by atoms with Crippen LogP contribution in [0.5, 0.6) is 0 Å². The van der Waals surface area contributed by atoms with Crippen LogP contribution in [-0.2, 0) is 21.7 Å². The number of rotatable bonds is 4. The van der Waals surface area contributed by atoms with Gasteiger partial charge in [0.05, 0.1) is 12.2 Å². The lowest BCUT2D eigenvalue weighted by atomic mass is 9.77. The molecule has 0 aliphatic carbocycles. The van der Waals surface area contributed by atoms with Crippen LogP contribution in [0.4, 0.5) is 10.1 Å². The van der Waals surface area contributed by atoms with Gasteiger partial charge in [-0.15, -0.1) is 0 Å². The van der Waals surface area contributed by atoms with Crippen LogP contribution in [0.1, 0.15) is 16.7 Å². The number of carbonyl (C=O) groups is 1. The van der Waals surface area contributed by atoms with E-state index >= 15 is 0 Å². The molecule has 142 valence electrons. The zero-order valence-corrected chi connectivity index (χ0v) is 15.4. The van der Waals surface area contributed by atoms with Crippen molar-refractivity contribution in [2.75, 3.05) is 12.0 Å². The number of anilines is 1. The van der Waals surface area contributed by atoms with Gasteiger partial charge in [-0.2, -0.15) is 0 Å². The highest BCUT2D eigenvalue weighted by atomic mass is 19.1. The van der Waals surface area contributed by atoms with E-state index in [0.717, 1.165) is 5.56 Å². The summed E-state index contributed by atoms with van der Waals surface area (Å²) in [5.41, 5.74) is 0.961. The third-order valence-electron chi connectivity index (χ3n) is 5.18. The molecule has 0 saturated carbocycles. The molecule has 2 atom stereocenters. The lowest BCUT2D eigenvalue weighted by molar-refractivity contribution is -0.145. The van der Waals surface area contributed by atoms with Crippen LogP contribution in [0.15, 0.2) is 78.9 Å². The van der Waals surface area contributed by atoms with E-state index < -0.39 is 11.7 Å². The van der Waals surface area contributed by atoms with Crippen molar-refractivity contribution >= 4 is 11.6 Å². The summed E-state index contributed by atoms with van der Waals surface area (Å²) in [6.45, 7) is 0.251. The number of hydrogen-bond acceptors (Lipinski definition) is 3. The van der Waals surface area contributed by atoms with Crippen molar-refractivity contribution in [2.24, 2.45) is 0 Å². The molecule has 1 aliphatic rings. The summed E-state index contributed by atoms with van der Waals surface area (Å²) in [6, 6.07) is 22.3. The molecule has 4 nitrogen and oxygen atoms in total. The largest absolute Gasteiger partial charge is 0.377 e. The van der Waals surface area contributed by atoms with Gasteiger partial charge in [0, 0.05) is 12.7 Å². The molecule has 5 heteroatoms. The van der Waals surface area contributed by atoms with Gasteiger partial charge >= 0.3 is 0 Å². The van der Waals surface area contributed by atoms with Crippen LogP contribution in [0.2, 0.25) is 0 Å². The van der Waals surface area contributed by atoms with E-state index in [-0.39, 0.29) is 18.3 Å². The van der Waals surface area contributed by atoms with E-state index in [1.807, 2.05) is 30.3 Å². The fourth-order valence-corrected chi connectivity index (χ4v) is 3.82. The van der Waals surface area contributed by atoms with Gasteiger partial charge in [-0.25, -0.2) is 4.39 Å². The summed E-state index contributed by atoms with van der Waals surface area (Å²) in [7, 11) is 1.42. The third-order valence-corrected chi connectivity index (χ3v) is 5.18. The lowest BCUT2D eigenvalue weighted by Crippen LogP contribution is -2.57. The van der Waals surface area contributed by atoms with Gasteiger partial charge in [0.1, 0.15) is 5.82 Å². The molecule has 2 unspecified atom stereocenters. The number of para-hydroxylation sites is 1. The summed E-state index contributed by atoms with van der Waals surface area (Å²) in [5, 5.41) is 11.7. The zero-order chi connectivity index (χ0) is 19.7. The maximum absolute atomic E-state index is 13.3. The monoisotopic (exact) mass is 377 g/mol. The van der Waals surface area contributed by atoms with Crippen molar-refractivity contribution in [1.29, 1.82) is 0 Å². The summed E-state index contributed by atoms with van der Waals surface area (Å²) < 4.78 is 18.8. The Labute approximate surface area is 162 Å². The lowest BCUT2D eigenvalue weighted by Gasteiger charge is -2.44. The number of hydrogen-bond donors (Lipinski definition) is 1. The van der Waals surface area contributed by atoms with Gasteiger partial charge in [0.25, 0.3) is 5.91 Å². The van der Waals surface area contributed by atoms with Crippen molar-refractivity contribution in [1.82, 2.24) is 0 Å². The molecule has 1 amide bonds. The second-order valence-electron chi connectivity index (χ2n) is 6.82. The molecule has 3 aromatic rings. The quantitative estimate of drug-likeness (QED) is 0.756. The highest BCUT2D eigenvalue weighted by molar-refractivity contribution is 6.01. The zero-order valence-electron chi connectivity index (χ0n) is 15.4. The first kappa shape index (κ1) is 18.3. The highest BCUT2D eigenvalue weighted by Crippen LogP contribution is 2.44. The van der Waals surface area contributed by atoms with Crippen molar-refractivity contribution < 1.29 is 19.0 Å². The van der Waals surface area contributed by atoms with Crippen LogP contribution in [0.3, 0.4) is 0 Å².